The Morgan fingerprint density at radius 2 is 1.86 bits per heavy atom. The Bertz CT molecular complexity index is 1170. The topological polar surface area (TPSA) is 63.1 Å². The fourth-order valence-corrected chi connectivity index (χ4v) is 4.62. The molecule has 186 valence electrons. The zero-order chi connectivity index (χ0) is 25.2. The number of amides is 1. The summed E-state index contributed by atoms with van der Waals surface area (Å²) in [7, 11) is 0. The van der Waals surface area contributed by atoms with Gasteiger partial charge in [-0.25, -0.2) is 9.67 Å². The highest BCUT2D eigenvalue weighted by Gasteiger charge is 2.31. The van der Waals surface area contributed by atoms with E-state index in [-0.39, 0.29) is 23.7 Å². The number of carbonyl (C=O) groups is 1. The van der Waals surface area contributed by atoms with E-state index in [4.69, 9.17) is 0 Å². The minimum absolute atomic E-state index is 0.0945. The van der Waals surface area contributed by atoms with Gasteiger partial charge in [0.05, 0.1) is 23.0 Å². The standard InChI is InChI=1S/C26H30F3N5O/c1-4-21(33-12-11-18-7-5-6-8-19(18)16-33)14-31-25(35)22-15-32-34(24(22)17(2)3)23-10-9-20(13-30-23)26(27,28)29/h5-10,13,15,17,21H,4,11-12,14,16H2,1-3H3,(H,31,35). The van der Waals surface area contributed by atoms with Crippen LogP contribution in [0.2, 0.25) is 0 Å². The van der Waals surface area contributed by atoms with Gasteiger partial charge in [-0.05, 0) is 42.0 Å². The van der Waals surface area contributed by atoms with Crippen LogP contribution in [0.25, 0.3) is 5.82 Å². The van der Waals surface area contributed by atoms with Crippen LogP contribution < -0.4 is 5.32 Å². The maximum absolute atomic E-state index is 13.1. The van der Waals surface area contributed by atoms with Crippen molar-refractivity contribution in [2.24, 2.45) is 0 Å². The second-order valence-corrected chi connectivity index (χ2v) is 9.17. The van der Waals surface area contributed by atoms with Gasteiger partial charge in [-0.1, -0.05) is 45.0 Å². The molecule has 1 aliphatic rings. The number of pyridine rings is 1. The van der Waals surface area contributed by atoms with Crippen LogP contribution in [-0.2, 0) is 19.1 Å². The SMILES string of the molecule is CCC(CNC(=O)c1cnn(-c2ccc(C(F)(F)F)cn2)c1C(C)C)N1CCc2ccccc2C1. The van der Waals surface area contributed by atoms with Gasteiger partial charge in [0.25, 0.3) is 5.91 Å². The molecule has 9 heteroatoms. The number of hydrogen-bond acceptors (Lipinski definition) is 4. The van der Waals surface area contributed by atoms with Crippen LogP contribution in [0.3, 0.4) is 0 Å². The monoisotopic (exact) mass is 485 g/mol. The molecular formula is C26H30F3N5O. The van der Waals surface area contributed by atoms with E-state index in [1.165, 1.54) is 28.1 Å². The van der Waals surface area contributed by atoms with E-state index < -0.39 is 11.7 Å². The lowest BCUT2D eigenvalue weighted by atomic mass is 9.98. The predicted molar refractivity (Wildman–Crippen MR) is 127 cm³/mol. The zero-order valence-corrected chi connectivity index (χ0v) is 20.1. The Balaban J connectivity index is 1.48. The first-order valence-corrected chi connectivity index (χ1v) is 11.9. The maximum atomic E-state index is 13.1. The Labute approximate surface area is 203 Å². The number of nitrogens with one attached hydrogen (secondary N) is 1. The molecular weight excluding hydrogens is 455 g/mol. The molecule has 0 radical (unpaired) electrons. The second-order valence-electron chi connectivity index (χ2n) is 9.17. The maximum Gasteiger partial charge on any atom is 0.417 e. The van der Waals surface area contributed by atoms with Crippen molar-refractivity contribution in [3.05, 3.63) is 76.7 Å². The van der Waals surface area contributed by atoms with Gasteiger partial charge in [0.15, 0.2) is 5.82 Å². The third-order valence-corrected chi connectivity index (χ3v) is 6.54. The highest BCUT2D eigenvalue weighted by atomic mass is 19.4. The third kappa shape index (κ3) is 5.40. The van der Waals surface area contributed by atoms with Gasteiger partial charge >= 0.3 is 6.18 Å². The van der Waals surface area contributed by atoms with Crippen molar-refractivity contribution in [1.82, 2.24) is 25.0 Å². The van der Waals surface area contributed by atoms with Gasteiger partial charge in [0, 0.05) is 31.9 Å². The van der Waals surface area contributed by atoms with Crippen LogP contribution in [0.1, 0.15) is 65.9 Å². The zero-order valence-electron chi connectivity index (χ0n) is 20.1. The second kappa shape index (κ2) is 10.2. The number of aromatic nitrogens is 3. The number of halogens is 3. The predicted octanol–water partition coefficient (Wildman–Crippen LogP) is 4.98. The molecule has 35 heavy (non-hydrogen) atoms. The Kier molecular flexibility index (Phi) is 7.25. The lowest BCUT2D eigenvalue weighted by molar-refractivity contribution is -0.137. The Hall–Kier alpha value is -3.20. The van der Waals surface area contributed by atoms with Crippen molar-refractivity contribution < 1.29 is 18.0 Å². The van der Waals surface area contributed by atoms with E-state index >= 15 is 0 Å². The molecule has 2 aromatic heterocycles. The van der Waals surface area contributed by atoms with E-state index in [1.54, 1.807) is 0 Å². The molecule has 4 rings (SSSR count). The normalized spacial score (nSPS) is 15.2. The molecule has 1 N–H and O–H groups in total. The number of rotatable bonds is 7. The summed E-state index contributed by atoms with van der Waals surface area (Å²) in [6.07, 6.45) is -0.335. The van der Waals surface area contributed by atoms with Gasteiger partial charge in [0.2, 0.25) is 0 Å². The first kappa shape index (κ1) is 24.9. The Morgan fingerprint density at radius 1 is 1.11 bits per heavy atom. The number of nitrogens with zero attached hydrogens (tertiary/aromatic N) is 4. The number of fused-ring (bicyclic) bond motifs is 1. The smallest absolute Gasteiger partial charge is 0.350 e. The molecule has 0 spiro atoms. The van der Waals surface area contributed by atoms with Gasteiger partial charge in [-0.15, -0.1) is 0 Å². The summed E-state index contributed by atoms with van der Waals surface area (Å²) >= 11 is 0. The first-order valence-electron chi connectivity index (χ1n) is 11.9. The summed E-state index contributed by atoms with van der Waals surface area (Å²) in [6.45, 7) is 8.24. The summed E-state index contributed by atoms with van der Waals surface area (Å²) in [5.74, 6) is -0.107. The minimum Gasteiger partial charge on any atom is -0.350 e. The summed E-state index contributed by atoms with van der Waals surface area (Å²) in [5, 5.41) is 7.34. The summed E-state index contributed by atoms with van der Waals surface area (Å²) in [6, 6.07) is 10.9. The molecule has 1 atom stereocenters. The van der Waals surface area contributed by atoms with E-state index in [0.717, 1.165) is 38.2 Å². The van der Waals surface area contributed by atoms with E-state index in [2.05, 4.69) is 51.5 Å². The minimum atomic E-state index is -4.46. The number of benzene rings is 1. The molecule has 1 unspecified atom stereocenters. The van der Waals surface area contributed by atoms with Gasteiger partial charge < -0.3 is 5.32 Å². The van der Waals surface area contributed by atoms with E-state index in [1.807, 2.05) is 13.8 Å². The van der Waals surface area contributed by atoms with Crippen molar-refractivity contribution in [2.45, 2.75) is 58.3 Å². The van der Waals surface area contributed by atoms with Crippen molar-refractivity contribution in [1.29, 1.82) is 0 Å². The quantitative estimate of drug-likeness (QED) is 0.513. The molecule has 0 bridgehead atoms. The van der Waals surface area contributed by atoms with Crippen molar-refractivity contribution in [3.8, 4) is 5.82 Å². The highest BCUT2D eigenvalue weighted by molar-refractivity contribution is 5.95. The largest absolute Gasteiger partial charge is 0.417 e. The first-order chi connectivity index (χ1) is 16.7. The number of hydrogen-bond donors (Lipinski definition) is 1. The van der Waals surface area contributed by atoms with Gasteiger partial charge in [0.1, 0.15) is 0 Å². The van der Waals surface area contributed by atoms with Gasteiger partial charge in [-0.3, -0.25) is 9.69 Å². The van der Waals surface area contributed by atoms with Crippen LogP contribution in [0.15, 0.2) is 48.8 Å². The van der Waals surface area contributed by atoms with Crippen molar-refractivity contribution in [2.75, 3.05) is 13.1 Å². The fourth-order valence-electron chi connectivity index (χ4n) is 4.62. The van der Waals surface area contributed by atoms with Crippen LogP contribution in [0.4, 0.5) is 13.2 Å². The molecule has 0 fully saturated rings. The fraction of sp³-hybridized carbons (Fsp3) is 0.423. The lowest BCUT2D eigenvalue weighted by Gasteiger charge is -2.35. The lowest BCUT2D eigenvalue weighted by Crippen LogP contribution is -2.45. The third-order valence-electron chi connectivity index (χ3n) is 6.54. The Morgan fingerprint density at radius 3 is 2.49 bits per heavy atom. The number of carbonyl (C=O) groups excluding carboxylic acids is 1. The average Bonchev–Trinajstić information content (AvgIpc) is 3.29. The van der Waals surface area contributed by atoms with Crippen LogP contribution in [0.5, 0.6) is 0 Å². The summed E-state index contributed by atoms with van der Waals surface area (Å²) in [4.78, 5) is 19.5. The molecule has 3 aromatic rings. The van der Waals surface area contributed by atoms with E-state index in [9.17, 15) is 18.0 Å². The average molecular weight is 486 g/mol. The molecule has 0 aliphatic carbocycles. The van der Waals surface area contributed by atoms with Crippen LogP contribution in [-0.4, -0.2) is 44.7 Å². The summed E-state index contributed by atoms with van der Waals surface area (Å²) < 4.78 is 40.2. The van der Waals surface area contributed by atoms with Crippen LogP contribution in [0, 0.1) is 0 Å². The molecule has 0 saturated heterocycles. The molecule has 6 nitrogen and oxygen atoms in total. The van der Waals surface area contributed by atoms with Crippen LogP contribution >= 0.6 is 0 Å². The van der Waals surface area contributed by atoms with Gasteiger partial charge in [-0.2, -0.15) is 18.3 Å². The highest BCUT2D eigenvalue weighted by Crippen LogP contribution is 2.29. The molecule has 3 heterocycles. The molecule has 1 aliphatic heterocycles. The summed E-state index contributed by atoms with van der Waals surface area (Å²) in [5.41, 5.74) is 2.89. The number of alkyl halides is 3. The molecule has 1 amide bonds. The molecule has 1 aromatic carbocycles. The van der Waals surface area contributed by atoms with Crippen molar-refractivity contribution in [3.63, 3.8) is 0 Å². The van der Waals surface area contributed by atoms with Crippen molar-refractivity contribution >= 4 is 5.91 Å². The molecule has 0 saturated carbocycles. The van der Waals surface area contributed by atoms with E-state index in [0.29, 0.717) is 17.8 Å².